The normalized spacial score (nSPS) is 28.3. The molecule has 2 unspecified atom stereocenters. The van der Waals surface area contributed by atoms with Crippen LogP contribution >= 0.6 is 11.6 Å². The number of ether oxygens (including phenoxy) is 1. The van der Waals surface area contributed by atoms with Crippen LogP contribution in [0.15, 0.2) is 11.0 Å². The molecule has 1 aromatic rings. The molecule has 5 nitrogen and oxygen atoms in total. The minimum Gasteiger partial charge on any atom is -0.377 e. The largest absolute Gasteiger partial charge is 0.377 e. The Kier molecular flexibility index (Phi) is 2.80. The summed E-state index contributed by atoms with van der Waals surface area (Å²) in [5, 5.41) is 9.50. The van der Waals surface area contributed by atoms with Crippen LogP contribution in [0.3, 0.4) is 0 Å². The predicted molar refractivity (Wildman–Crippen MR) is 64.4 cm³/mol. The smallest absolute Gasteiger partial charge is 0.285 e. The molecule has 2 heterocycles. The quantitative estimate of drug-likeness (QED) is 0.857. The van der Waals surface area contributed by atoms with Crippen molar-refractivity contribution >= 4 is 17.3 Å². The highest BCUT2D eigenvalue weighted by molar-refractivity contribution is 6.32. The molecule has 0 amide bonds. The lowest BCUT2D eigenvalue weighted by Crippen LogP contribution is -2.31. The molecule has 17 heavy (non-hydrogen) atoms. The molecule has 2 N–H and O–H groups in total. The summed E-state index contributed by atoms with van der Waals surface area (Å²) < 4.78 is 5.72. The van der Waals surface area contributed by atoms with Crippen molar-refractivity contribution in [3.8, 4) is 0 Å². The zero-order valence-electron chi connectivity index (χ0n) is 9.28. The van der Waals surface area contributed by atoms with E-state index in [-0.39, 0.29) is 22.7 Å². The van der Waals surface area contributed by atoms with Gasteiger partial charge in [0.05, 0.1) is 24.0 Å². The number of rotatable bonds is 3. The van der Waals surface area contributed by atoms with Crippen molar-refractivity contribution < 1.29 is 4.74 Å². The lowest BCUT2D eigenvalue weighted by Gasteiger charge is -2.20. The summed E-state index contributed by atoms with van der Waals surface area (Å²) in [5.74, 6) is 0.670. The Morgan fingerprint density at radius 1 is 1.47 bits per heavy atom. The van der Waals surface area contributed by atoms with Crippen LogP contribution in [0.1, 0.15) is 19.3 Å². The van der Waals surface area contributed by atoms with Gasteiger partial charge in [-0.3, -0.25) is 4.79 Å². The number of nitrogens with one attached hydrogen (secondary N) is 2. The van der Waals surface area contributed by atoms with E-state index in [4.69, 9.17) is 16.3 Å². The lowest BCUT2D eigenvalue weighted by atomic mass is 10.1. The van der Waals surface area contributed by atoms with Crippen molar-refractivity contribution in [2.45, 2.75) is 31.4 Å². The molecule has 0 aromatic carbocycles. The summed E-state index contributed by atoms with van der Waals surface area (Å²) in [5.41, 5.74) is 0.232. The minimum atomic E-state index is -0.362. The molecule has 92 valence electrons. The van der Waals surface area contributed by atoms with Crippen molar-refractivity contribution in [2.24, 2.45) is 5.92 Å². The number of hydrogen-bond donors (Lipinski definition) is 2. The van der Waals surface area contributed by atoms with Crippen molar-refractivity contribution in [2.75, 3.05) is 11.9 Å². The van der Waals surface area contributed by atoms with Crippen molar-refractivity contribution in [3.05, 3.63) is 21.6 Å². The van der Waals surface area contributed by atoms with Gasteiger partial charge in [-0.2, -0.15) is 5.10 Å². The van der Waals surface area contributed by atoms with Crippen LogP contribution in [0.5, 0.6) is 0 Å². The van der Waals surface area contributed by atoms with Gasteiger partial charge in [0.1, 0.15) is 5.02 Å². The molecule has 0 radical (unpaired) electrons. The number of aromatic nitrogens is 2. The van der Waals surface area contributed by atoms with Crippen molar-refractivity contribution in [1.82, 2.24) is 10.2 Å². The first-order valence-corrected chi connectivity index (χ1v) is 6.25. The Morgan fingerprint density at radius 2 is 2.29 bits per heavy atom. The fraction of sp³-hybridized carbons (Fsp3) is 0.636. The van der Waals surface area contributed by atoms with Crippen LogP contribution in [0.2, 0.25) is 5.02 Å². The van der Waals surface area contributed by atoms with E-state index in [1.54, 1.807) is 6.20 Å². The van der Waals surface area contributed by atoms with Gasteiger partial charge in [-0.05, 0) is 25.2 Å². The topological polar surface area (TPSA) is 67.0 Å². The third-order valence-corrected chi connectivity index (χ3v) is 3.73. The molecule has 0 bridgehead atoms. The summed E-state index contributed by atoms with van der Waals surface area (Å²) in [7, 11) is 0. The molecule has 3 rings (SSSR count). The number of halogens is 1. The molecule has 1 saturated carbocycles. The van der Waals surface area contributed by atoms with Gasteiger partial charge in [-0.1, -0.05) is 11.6 Å². The van der Waals surface area contributed by atoms with E-state index in [1.807, 2.05) is 0 Å². The maximum Gasteiger partial charge on any atom is 0.285 e. The van der Waals surface area contributed by atoms with Gasteiger partial charge in [0, 0.05) is 6.61 Å². The van der Waals surface area contributed by atoms with Gasteiger partial charge in [0.25, 0.3) is 5.56 Å². The molecule has 2 fully saturated rings. The van der Waals surface area contributed by atoms with E-state index in [2.05, 4.69) is 15.5 Å². The van der Waals surface area contributed by atoms with Crippen LogP contribution in [-0.4, -0.2) is 29.0 Å². The highest BCUT2D eigenvalue weighted by Gasteiger charge is 2.40. The minimum absolute atomic E-state index is 0.168. The molecule has 1 aliphatic heterocycles. The highest BCUT2D eigenvalue weighted by atomic mass is 35.5. The van der Waals surface area contributed by atoms with Crippen LogP contribution in [0.25, 0.3) is 0 Å². The van der Waals surface area contributed by atoms with Crippen molar-refractivity contribution in [3.63, 3.8) is 0 Å². The van der Waals surface area contributed by atoms with E-state index >= 15 is 0 Å². The summed E-state index contributed by atoms with van der Waals surface area (Å²) in [6, 6.07) is 0.239. The fourth-order valence-electron chi connectivity index (χ4n) is 2.34. The molecule has 6 heteroatoms. The first-order chi connectivity index (χ1) is 8.25. The maximum atomic E-state index is 11.3. The average molecular weight is 256 g/mol. The Labute approximate surface area is 104 Å². The van der Waals surface area contributed by atoms with Crippen LogP contribution in [0.4, 0.5) is 5.69 Å². The number of hydrogen-bond acceptors (Lipinski definition) is 4. The first kappa shape index (κ1) is 11.0. The van der Waals surface area contributed by atoms with E-state index in [1.165, 1.54) is 12.8 Å². The van der Waals surface area contributed by atoms with Gasteiger partial charge in [-0.15, -0.1) is 0 Å². The molecule has 1 saturated heterocycles. The summed E-state index contributed by atoms with van der Waals surface area (Å²) in [6.07, 6.45) is 5.23. The zero-order chi connectivity index (χ0) is 11.8. The Morgan fingerprint density at radius 3 is 3.06 bits per heavy atom. The summed E-state index contributed by atoms with van der Waals surface area (Å²) >= 11 is 5.93. The van der Waals surface area contributed by atoms with Crippen LogP contribution in [-0.2, 0) is 4.74 Å². The first-order valence-electron chi connectivity index (χ1n) is 5.87. The van der Waals surface area contributed by atoms with Gasteiger partial charge in [0.2, 0.25) is 0 Å². The van der Waals surface area contributed by atoms with E-state index < -0.39 is 0 Å². The van der Waals surface area contributed by atoms with Crippen LogP contribution < -0.4 is 10.9 Å². The monoisotopic (exact) mass is 255 g/mol. The second-order valence-corrected chi connectivity index (χ2v) is 5.02. The highest BCUT2D eigenvalue weighted by Crippen LogP contribution is 2.39. The van der Waals surface area contributed by atoms with Crippen LogP contribution in [0, 0.1) is 5.92 Å². The molecule has 1 aliphatic carbocycles. The molecule has 1 aromatic heterocycles. The number of nitrogens with zero attached hydrogens (tertiary/aromatic N) is 1. The second-order valence-electron chi connectivity index (χ2n) is 4.64. The van der Waals surface area contributed by atoms with Crippen molar-refractivity contribution in [1.29, 1.82) is 0 Å². The number of anilines is 1. The summed E-state index contributed by atoms with van der Waals surface area (Å²) in [4.78, 5) is 11.3. The zero-order valence-corrected chi connectivity index (χ0v) is 10.0. The Hall–Kier alpha value is -1.07. The Balaban J connectivity index is 1.77. The van der Waals surface area contributed by atoms with Gasteiger partial charge in [0.15, 0.2) is 0 Å². The van der Waals surface area contributed by atoms with Gasteiger partial charge in [-0.25, -0.2) is 5.10 Å². The SMILES string of the molecule is O=c1[nH]ncc(NC2CCOC2C2CC2)c1Cl. The third kappa shape index (κ3) is 2.17. The molecule has 2 atom stereocenters. The summed E-state index contributed by atoms with van der Waals surface area (Å²) in [6.45, 7) is 0.771. The molecule has 0 spiro atoms. The maximum absolute atomic E-state index is 11.3. The standard InChI is InChI=1S/C11H14ClN3O2/c12-9-8(5-13-15-11(9)16)14-7-3-4-17-10(7)6-1-2-6/h5-7,10H,1-4H2,(H2,14,15,16). The van der Waals surface area contributed by atoms with Gasteiger partial charge >= 0.3 is 0 Å². The second kappa shape index (κ2) is 4.31. The van der Waals surface area contributed by atoms with E-state index in [9.17, 15) is 4.79 Å². The fourth-order valence-corrected chi connectivity index (χ4v) is 2.48. The molecular weight excluding hydrogens is 242 g/mol. The molecule has 2 aliphatic rings. The lowest BCUT2D eigenvalue weighted by molar-refractivity contribution is 0.0898. The van der Waals surface area contributed by atoms with E-state index in [0.717, 1.165) is 13.0 Å². The number of H-pyrrole nitrogens is 1. The van der Waals surface area contributed by atoms with E-state index in [0.29, 0.717) is 11.6 Å². The predicted octanol–water partition coefficient (Wildman–Crippen LogP) is 1.40. The van der Waals surface area contributed by atoms with Gasteiger partial charge < -0.3 is 10.1 Å². The number of aromatic amines is 1. The third-order valence-electron chi connectivity index (χ3n) is 3.36. The molecular formula is C11H14ClN3O2. The average Bonchev–Trinajstić information content (AvgIpc) is 3.06. The Bertz CT molecular complexity index is 472.